The van der Waals surface area contributed by atoms with Crippen LogP contribution in [0.5, 0.6) is 0 Å². The molecule has 3 N–H and O–H groups in total. The van der Waals surface area contributed by atoms with Gasteiger partial charge in [-0.15, -0.1) is 0 Å². The highest BCUT2D eigenvalue weighted by Gasteiger charge is 2.51. The zero-order chi connectivity index (χ0) is 33.6. The van der Waals surface area contributed by atoms with E-state index in [0.29, 0.717) is 38.7 Å². The SMILES string of the molecule is CCC(C(=O)O)C1CCCC([C@@H](C)C[C@H](C)C(=O)[C@H](CC)C[C@@H](C)C[C@@H](C)[C@]2(O)C=CC[C@]3(CCC([C@H]4CC[C@@H](O)CO4)O3)O2)O1. The van der Waals surface area contributed by atoms with E-state index in [2.05, 4.69) is 20.8 Å². The number of aliphatic hydroxyl groups excluding tert-OH is 1. The van der Waals surface area contributed by atoms with E-state index in [1.165, 1.54) is 0 Å². The molecule has 0 aliphatic carbocycles. The van der Waals surface area contributed by atoms with Crippen LogP contribution in [0.2, 0.25) is 0 Å². The van der Waals surface area contributed by atoms with Gasteiger partial charge in [-0.3, -0.25) is 9.59 Å². The second-order valence-electron chi connectivity index (χ2n) is 15.3. The Balaban J connectivity index is 1.27. The Hall–Kier alpha value is -1.36. The normalized spacial score (nSPS) is 37.3. The van der Waals surface area contributed by atoms with E-state index in [9.17, 15) is 24.9 Å². The van der Waals surface area contributed by atoms with Gasteiger partial charge in [0.2, 0.25) is 0 Å². The first-order chi connectivity index (χ1) is 21.8. The molecule has 4 unspecified atom stereocenters. The zero-order valence-electron chi connectivity index (χ0n) is 29.2. The van der Waals surface area contributed by atoms with Crippen molar-refractivity contribution in [2.75, 3.05) is 6.61 Å². The molecular formula is C37H62O9. The van der Waals surface area contributed by atoms with Crippen molar-refractivity contribution in [1.82, 2.24) is 0 Å². The predicted octanol–water partition coefficient (Wildman–Crippen LogP) is 6.43. The van der Waals surface area contributed by atoms with Crippen LogP contribution in [-0.2, 0) is 28.5 Å². The van der Waals surface area contributed by atoms with E-state index < -0.39 is 29.6 Å². The highest BCUT2D eigenvalue weighted by atomic mass is 16.8. The molecule has 0 bridgehead atoms. The summed E-state index contributed by atoms with van der Waals surface area (Å²) in [5, 5.41) is 31.1. The number of carboxylic acids is 1. The summed E-state index contributed by atoms with van der Waals surface area (Å²) in [7, 11) is 0. The van der Waals surface area contributed by atoms with E-state index in [0.717, 1.165) is 51.4 Å². The number of ketones is 1. The van der Waals surface area contributed by atoms with Gasteiger partial charge in [-0.1, -0.05) is 47.6 Å². The molecular weight excluding hydrogens is 588 g/mol. The average molecular weight is 651 g/mol. The Bertz CT molecular complexity index is 1020. The lowest BCUT2D eigenvalue weighted by Crippen LogP contribution is -2.51. The van der Waals surface area contributed by atoms with Crippen LogP contribution in [0.3, 0.4) is 0 Å². The molecule has 9 nitrogen and oxygen atoms in total. The lowest BCUT2D eigenvalue weighted by molar-refractivity contribution is -0.347. The van der Waals surface area contributed by atoms with Crippen molar-refractivity contribution in [2.24, 2.45) is 35.5 Å². The van der Waals surface area contributed by atoms with E-state index in [1.807, 2.05) is 26.8 Å². The van der Waals surface area contributed by atoms with E-state index in [4.69, 9.17) is 18.9 Å². The van der Waals surface area contributed by atoms with Crippen molar-refractivity contribution in [3.05, 3.63) is 12.2 Å². The summed E-state index contributed by atoms with van der Waals surface area (Å²) >= 11 is 0. The van der Waals surface area contributed by atoms with Gasteiger partial charge < -0.3 is 34.3 Å². The Morgan fingerprint density at radius 2 is 1.67 bits per heavy atom. The van der Waals surface area contributed by atoms with Gasteiger partial charge >= 0.3 is 5.97 Å². The maximum Gasteiger partial charge on any atom is 0.309 e. The molecule has 0 radical (unpaired) electrons. The molecule has 0 amide bonds. The van der Waals surface area contributed by atoms with Gasteiger partial charge in [-0.2, -0.15) is 0 Å². The monoisotopic (exact) mass is 650 g/mol. The molecule has 3 fully saturated rings. The number of rotatable bonds is 15. The molecule has 0 aromatic carbocycles. The number of hydrogen-bond acceptors (Lipinski definition) is 8. The molecule has 0 saturated carbocycles. The van der Waals surface area contributed by atoms with Crippen LogP contribution in [0.15, 0.2) is 12.2 Å². The van der Waals surface area contributed by atoms with Crippen molar-refractivity contribution >= 4 is 11.8 Å². The first-order valence-corrected chi connectivity index (χ1v) is 18.3. The number of Topliss-reactive ketones (excluding diaryl/α,β-unsaturated/α-hetero) is 1. The average Bonchev–Trinajstić information content (AvgIpc) is 3.42. The van der Waals surface area contributed by atoms with Gasteiger partial charge in [0.15, 0.2) is 11.6 Å². The Kier molecular flexibility index (Phi) is 13.3. The van der Waals surface area contributed by atoms with Gasteiger partial charge in [-0.05, 0) is 88.5 Å². The maximum absolute atomic E-state index is 13.7. The molecule has 0 aromatic rings. The fraction of sp³-hybridized carbons (Fsp3) is 0.892. The third-order valence-corrected chi connectivity index (χ3v) is 11.4. The molecule has 4 aliphatic rings. The van der Waals surface area contributed by atoms with E-state index in [1.54, 1.807) is 6.08 Å². The van der Waals surface area contributed by atoms with Crippen molar-refractivity contribution in [3.8, 4) is 0 Å². The zero-order valence-corrected chi connectivity index (χ0v) is 29.2. The molecule has 4 heterocycles. The summed E-state index contributed by atoms with van der Waals surface area (Å²) in [4.78, 5) is 25.4. The number of aliphatic hydroxyl groups is 2. The number of aliphatic carboxylic acids is 1. The Morgan fingerprint density at radius 1 is 0.935 bits per heavy atom. The highest BCUT2D eigenvalue weighted by molar-refractivity contribution is 5.83. The van der Waals surface area contributed by atoms with Crippen LogP contribution in [0, 0.1) is 35.5 Å². The van der Waals surface area contributed by atoms with Crippen molar-refractivity contribution in [3.63, 3.8) is 0 Å². The Morgan fingerprint density at radius 3 is 2.33 bits per heavy atom. The van der Waals surface area contributed by atoms with Crippen LogP contribution < -0.4 is 0 Å². The molecule has 4 aliphatic heterocycles. The minimum Gasteiger partial charge on any atom is -0.481 e. The largest absolute Gasteiger partial charge is 0.481 e. The molecule has 13 atom stereocenters. The smallest absolute Gasteiger partial charge is 0.309 e. The second-order valence-corrected chi connectivity index (χ2v) is 15.3. The Labute approximate surface area is 276 Å². The van der Waals surface area contributed by atoms with Crippen molar-refractivity contribution < 1.29 is 43.9 Å². The van der Waals surface area contributed by atoms with Crippen LogP contribution in [0.1, 0.15) is 125 Å². The minimum absolute atomic E-state index is 0.0166. The third-order valence-electron chi connectivity index (χ3n) is 11.4. The topological polar surface area (TPSA) is 132 Å². The number of carbonyl (C=O) groups excluding carboxylic acids is 1. The first-order valence-electron chi connectivity index (χ1n) is 18.3. The van der Waals surface area contributed by atoms with Gasteiger partial charge in [0.1, 0.15) is 5.78 Å². The van der Waals surface area contributed by atoms with E-state index >= 15 is 0 Å². The molecule has 1 spiro atoms. The third kappa shape index (κ3) is 9.20. The first kappa shape index (κ1) is 37.5. The van der Waals surface area contributed by atoms with Crippen LogP contribution >= 0.6 is 0 Å². The molecule has 4 rings (SSSR count). The molecule has 3 saturated heterocycles. The quantitative estimate of drug-likeness (QED) is 0.172. The molecule has 264 valence electrons. The molecule has 0 aromatic heterocycles. The standard InChI is InChI=1S/C37H62O9/c1-7-27(34(39)25(5)21-24(4)30-11-9-12-31(44-30)29(8-2)35(40)41)20-23(3)19-26(6)37(42)17-10-16-36(46-37)18-15-33(45-36)32-14-13-28(38)22-43-32/h10,17,23-33,38,42H,7-9,11-16,18-22H2,1-6H3,(H,40,41)/t23-,24-,25-,26+,27+,28+,29?,30?,31?,32+,33?,36+,37-/m0/s1. The fourth-order valence-electron chi connectivity index (χ4n) is 8.60. The minimum atomic E-state index is -1.45. The van der Waals surface area contributed by atoms with Crippen LogP contribution in [-0.4, -0.2) is 75.8 Å². The van der Waals surface area contributed by atoms with Gasteiger partial charge in [0, 0.05) is 30.6 Å². The van der Waals surface area contributed by atoms with Gasteiger partial charge in [0.25, 0.3) is 0 Å². The molecule has 9 heteroatoms. The highest BCUT2D eigenvalue weighted by Crippen LogP contribution is 2.46. The predicted molar refractivity (Wildman–Crippen MR) is 175 cm³/mol. The van der Waals surface area contributed by atoms with Crippen LogP contribution in [0.4, 0.5) is 0 Å². The number of hydrogen-bond donors (Lipinski definition) is 3. The van der Waals surface area contributed by atoms with Crippen molar-refractivity contribution in [1.29, 1.82) is 0 Å². The van der Waals surface area contributed by atoms with Gasteiger partial charge in [-0.25, -0.2) is 0 Å². The number of carboxylic acid groups (broad SMARTS) is 1. The second kappa shape index (κ2) is 16.4. The van der Waals surface area contributed by atoms with E-state index in [-0.39, 0.29) is 59.8 Å². The van der Waals surface area contributed by atoms with Crippen molar-refractivity contribution in [2.45, 2.75) is 167 Å². The number of ether oxygens (including phenoxy) is 4. The van der Waals surface area contributed by atoms with Gasteiger partial charge in [0.05, 0.1) is 43.0 Å². The summed E-state index contributed by atoms with van der Waals surface area (Å²) in [6.07, 6.45) is 12.6. The summed E-state index contributed by atoms with van der Waals surface area (Å²) in [5.41, 5.74) is 0. The molecule has 46 heavy (non-hydrogen) atoms. The summed E-state index contributed by atoms with van der Waals surface area (Å²) in [6, 6.07) is 0. The lowest BCUT2D eigenvalue weighted by atomic mass is 9.78. The summed E-state index contributed by atoms with van der Waals surface area (Å²) in [6.45, 7) is 12.6. The summed E-state index contributed by atoms with van der Waals surface area (Å²) in [5.74, 6) is -3.28. The van der Waals surface area contributed by atoms with Crippen LogP contribution in [0.25, 0.3) is 0 Å². The number of carbonyl (C=O) groups is 2. The lowest BCUT2D eigenvalue weighted by Gasteiger charge is -2.44. The fourth-order valence-corrected chi connectivity index (χ4v) is 8.60. The summed E-state index contributed by atoms with van der Waals surface area (Å²) < 4.78 is 25.0. The maximum atomic E-state index is 13.7.